The molecule has 108 valence electrons. The second-order valence-corrected chi connectivity index (χ2v) is 6.20. The van der Waals surface area contributed by atoms with Gasteiger partial charge < -0.3 is 5.11 Å². The number of aliphatic hydroxyl groups is 1. The molecule has 0 amide bonds. The molecule has 2 aliphatic rings. The molecule has 1 N–H and O–H groups in total. The third-order valence-corrected chi connectivity index (χ3v) is 4.90. The van der Waals surface area contributed by atoms with Crippen molar-refractivity contribution in [3.63, 3.8) is 0 Å². The third-order valence-electron chi connectivity index (χ3n) is 4.90. The number of ketones is 1. The quantitative estimate of drug-likeness (QED) is 0.914. The molecule has 0 radical (unpaired) electrons. The van der Waals surface area contributed by atoms with Crippen molar-refractivity contribution in [3.05, 3.63) is 35.9 Å². The highest BCUT2D eigenvalue weighted by Gasteiger charge is 2.42. The fourth-order valence-electron chi connectivity index (χ4n) is 3.88. The summed E-state index contributed by atoms with van der Waals surface area (Å²) >= 11 is 0. The maximum atomic E-state index is 12.3. The molecule has 1 aliphatic carbocycles. The molecule has 1 aliphatic heterocycles. The summed E-state index contributed by atoms with van der Waals surface area (Å²) in [5.41, 5.74) is 1.31. The summed E-state index contributed by atoms with van der Waals surface area (Å²) in [5.74, 6) is 0.993. The van der Waals surface area contributed by atoms with Crippen molar-refractivity contribution < 1.29 is 9.90 Å². The summed E-state index contributed by atoms with van der Waals surface area (Å²) in [5, 5.41) is 9.24. The molecular formula is C17H23NO2. The molecule has 0 unspecified atom stereocenters. The van der Waals surface area contributed by atoms with E-state index >= 15 is 0 Å². The van der Waals surface area contributed by atoms with Gasteiger partial charge in [-0.2, -0.15) is 0 Å². The van der Waals surface area contributed by atoms with Gasteiger partial charge in [0, 0.05) is 31.5 Å². The lowest BCUT2D eigenvalue weighted by molar-refractivity contribution is -0.133. The van der Waals surface area contributed by atoms with Crippen LogP contribution < -0.4 is 0 Å². The number of aliphatic hydroxyl groups excluding tert-OH is 1. The normalized spacial score (nSPS) is 30.4. The number of hydrogen-bond donors (Lipinski definition) is 1. The molecule has 3 nitrogen and oxygen atoms in total. The van der Waals surface area contributed by atoms with Crippen LogP contribution in [0.5, 0.6) is 0 Å². The molecule has 2 bridgehead atoms. The number of piperidine rings is 1. The standard InChI is InChI=1S/C17H23NO2/c19-9-7-15-16-10-14(11-17(15)20)6-8-18(16)12-13-4-2-1-3-5-13/h1-5,14-16,19H,6-12H2/t14-,15+,16+/m0/s1. The van der Waals surface area contributed by atoms with E-state index in [0.29, 0.717) is 24.2 Å². The number of benzene rings is 1. The van der Waals surface area contributed by atoms with Gasteiger partial charge in [0.15, 0.2) is 0 Å². The Morgan fingerprint density at radius 2 is 2.05 bits per heavy atom. The van der Waals surface area contributed by atoms with E-state index in [1.165, 1.54) is 5.56 Å². The molecule has 1 heterocycles. The van der Waals surface area contributed by atoms with Gasteiger partial charge in [-0.3, -0.25) is 9.69 Å². The SMILES string of the molecule is O=C1C[C@H]2CCN(Cc3ccccc3)[C@H](C2)[C@H]1CCO. The summed E-state index contributed by atoms with van der Waals surface area (Å²) in [6.45, 7) is 2.13. The molecule has 1 aromatic rings. The van der Waals surface area contributed by atoms with Crippen LogP contribution in [0.3, 0.4) is 0 Å². The highest BCUT2D eigenvalue weighted by atomic mass is 16.3. The van der Waals surface area contributed by atoms with Crippen LogP contribution in [0, 0.1) is 11.8 Å². The van der Waals surface area contributed by atoms with Crippen molar-refractivity contribution in [3.8, 4) is 0 Å². The third kappa shape index (κ3) is 2.79. The van der Waals surface area contributed by atoms with Crippen LogP contribution in [0.1, 0.15) is 31.2 Å². The molecule has 20 heavy (non-hydrogen) atoms. The van der Waals surface area contributed by atoms with Crippen molar-refractivity contribution in [1.29, 1.82) is 0 Å². The van der Waals surface area contributed by atoms with E-state index in [2.05, 4.69) is 29.2 Å². The molecule has 0 aromatic heterocycles. The molecule has 1 saturated carbocycles. The van der Waals surface area contributed by atoms with E-state index < -0.39 is 0 Å². The highest BCUT2D eigenvalue weighted by molar-refractivity contribution is 5.83. The van der Waals surface area contributed by atoms with Crippen LogP contribution in [0.15, 0.2) is 30.3 Å². The van der Waals surface area contributed by atoms with Gasteiger partial charge in [-0.1, -0.05) is 30.3 Å². The molecule has 3 atom stereocenters. The Morgan fingerprint density at radius 1 is 1.25 bits per heavy atom. The lowest BCUT2D eigenvalue weighted by Gasteiger charge is -2.46. The van der Waals surface area contributed by atoms with Gasteiger partial charge in [-0.05, 0) is 37.3 Å². The maximum absolute atomic E-state index is 12.3. The highest BCUT2D eigenvalue weighted by Crippen LogP contribution is 2.38. The molecule has 3 heteroatoms. The Balaban J connectivity index is 1.75. The lowest BCUT2D eigenvalue weighted by Crippen LogP contribution is -2.52. The number of carbonyl (C=O) groups is 1. The maximum Gasteiger partial charge on any atom is 0.137 e. The van der Waals surface area contributed by atoms with E-state index in [-0.39, 0.29) is 12.5 Å². The van der Waals surface area contributed by atoms with Crippen LogP contribution in [-0.2, 0) is 11.3 Å². The van der Waals surface area contributed by atoms with Gasteiger partial charge in [0.2, 0.25) is 0 Å². The first kappa shape index (κ1) is 13.8. The average molecular weight is 273 g/mol. The number of carbonyl (C=O) groups excluding carboxylic acids is 1. The minimum absolute atomic E-state index is 0.0419. The van der Waals surface area contributed by atoms with Crippen molar-refractivity contribution in [2.24, 2.45) is 11.8 Å². The Bertz CT molecular complexity index is 459. The number of nitrogens with zero attached hydrogens (tertiary/aromatic N) is 1. The monoisotopic (exact) mass is 273 g/mol. The second-order valence-electron chi connectivity index (χ2n) is 6.20. The summed E-state index contributed by atoms with van der Waals surface area (Å²) in [4.78, 5) is 14.7. The zero-order chi connectivity index (χ0) is 13.9. The summed E-state index contributed by atoms with van der Waals surface area (Å²) in [7, 11) is 0. The predicted molar refractivity (Wildman–Crippen MR) is 78.2 cm³/mol. The van der Waals surface area contributed by atoms with Gasteiger partial charge in [-0.15, -0.1) is 0 Å². The Kier molecular flexibility index (Phi) is 4.18. The van der Waals surface area contributed by atoms with Crippen LogP contribution in [0.4, 0.5) is 0 Å². The minimum atomic E-state index is 0.0419. The van der Waals surface area contributed by atoms with Gasteiger partial charge in [0.05, 0.1) is 0 Å². The van der Waals surface area contributed by atoms with Crippen molar-refractivity contribution in [1.82, 2.24) is 4.90 Å². The molecule has 1 saturated heterocycles. The Morgan fingerprint density at radius 3 is 2.80 bits per heavy atom. The largest absolute Gasteiger partial charge is 0.396 e. The predicted octanol–water partition coefficient (Wildman–Crippen LogP) is 2.24. The number of likely N-dealkylation sites (tertiary alicyclic amines) is 1. The van der Waals surface area contributed by atoms with Gasteiger partial charge in [0.1, 0.15) is 5.78 Å². The smallest absolute Gasteiger partial charge is 0.137 e. The van der Waals surface area contributed by atoms with E-state index in [1.807, 2.05) is 6.07 Å². The van der Waals surface area contributed by atoms with Crippen molar-refractivity contribution >= 4 is 5.78 Å². The Hall–Kier alpha value is -1.19. The molecule has 0 spiro atoms. The number of hydrogen-bond acceptors (Lipinski definition) is 3. The summed E-state index contributed by atoms with van der Waals surface area (Å²) in [6, 6.07) is 10.8. The van der Waals surface area contributed by atoms with Crippen LogP contribution >= 0.6 is 0 Å². The topological polar surface area (TPSA) is 40.5 Å². The summed E-state index contributed by atoms with van der Waals surface area (Å²) < 4.78 is 0. The second kappa shape index (κ2) is 6.06. The van der Waals surface area contributed by atoms with E-state index in [4.69, 9.17) is 0 Å². The van der Waals surface area contributed by atoms with Crippen LogP contribution in [-0.4, -0.2) is 35.0 Å². The Labute approximate surface area is 120 Å². The van der Waals surface area contributed by atoms with Crippen molar-refractivity contribution in [2.75, 3.05) is 13.2 Å². The number of fused-ring (bicyclic) bond motifs is 2. The first-order chi connectivity index (χ1) is 9.78. The lowest BCUT2D eigenvalue weighted by atomic mass is 9.71. The zero-order valence-corrected chi connectivity index (χ0v) is 11.9. The molecular weight excluding hydrogens is 250 g/mol. The van der Waals surface area contributed by atoms with Crippen LogP contribution in [0.2, 0.25) is 0 Å². The first-order valence-corrected chi connectivity index (χ1v) is 7.69. The molecule has 3 rings (SSSR count). The molecule has 2 fully saturated rings. The first-order valence-electron chi connectivity index (χ1n) is 7.69. The number of Topliss-reactive ketones (excluding diaryl/α,β-unsaturated/α-hetero) is 1. The summed E-state index contributed by atoms with van der Waals surface area (Å²) in [6.07, 6.45) is 3.63. The fourth-order valence-corrected chi connectivity index (χ4v) is 3.88. The van der Waals surface area contributed by atoms with Crippen LogP contribution in [0.25, 0.3) is 0 Å². The number of rotatable bonds is 4. The molecule has 1 aromatic carbocycles. The van der Waals surface area contributed by atoms with Gasteiger partial charge >= 0.3 is 0 Å². The zero-order valence-electron chi connectivity index (χ0n) is 11.9. The van der Waals surface area contributed by atoms with E-state index in [0.717, 1.165) is 32.4 Å². The van der Waals surface area contributed by atoms with E-state index in [1.54, 1.807) is 0 Å². The average Bonchev–Trinajstić information content (AvgIpc) is 2.47. The minimum Gasteiger partial charge on any atom is -0.396 e. The van der Waals surface area contributed by atoms with Gasteiger partial charge in [-0.25, -0.2) is 0 Å². The van der Waals surface area contributed by atoms with E-state index in [9.17, 15) is 9.90 Å². The van der Waals surface area contributed by atoms with Gasteiger partial charge in [0.25, 0.3) is 0 Å². The van der Waals surface area contributed by atoms with Crippen molar-refractivity contribution in [2.45, 2.75) is 38.3 Å². The fraction of sp³-hybridized carbons (Fsp3) is 0.588.